The predicted octanol–water partition coefficient (Wildman–Crippen LogP) is 2.24. The fourth-order valence-corrected chi connectivity index (χ4v) is 1.35. The van der Waals surface area contributed by atoms with Crippen molar-refractivity contribution in [2.24, 2.45) is 0 Å². The molecule has 7 heteroatoms. The van der Waals surface area contributed by atoms with Gasteiger partial charge >= 0.3 is 12.1 Å². The van der Waals surface area contributed by atoms with Crippen LogP contribution in [0, 0.1) is 0 Å². The molecule has 1 aromatic rings. The van der Waals surface area contributed by atoms with Crippen LogP contribution in [0.3, 0.4) is 0 Å². The van der Waals surface area contributed by atoms with Crippen molar-refractivity contribution in [1.82, 2.24) is 4.57 Å². The largest absolute Gasteiger partial charge is 0.461 e. The van der Waals surface area contributed by atoms with Crippen LogP contribution in [0.2, 0.25) is 0 Å². The van der Waals surface area contributed by atoms with Crippen LogP contribution in [-0.2, 0) is 16.0 Å². The third kappa shape index (κ3) is 4.79. The monoisotopic (exact) mass is 265 g/mol. The zero-order valence-electron chi connectivity index (χ0n) is 9.87. The Hall–Kier alpha value is -1.50. The summed E-state index contributed by atoms with van der Waals surface area (Å²) in [6.07, 6.45) is -2.75. The maximum absolute atomic E-state index is 11.8. The van der Waals surface area contributed by atoms with Crippen LogP contribution in [0.4, 0.5) is 13.2 Å². The van der Waals surface area contributed by atoms with Gasteiger partial charge in [0.05, 0.1) is 13.2 Å². The smallest absolute Gasteiger partial charge is 0.411 e. The standard InChI is InChI=1S/C11H14F3NO3/c1-2-18-10(16)9-4-3-5-15(9)6-7-17-8-11(12,13)14/h3-5H,2,6-8H2,1H3. The summed E-state index contributed by atoms with van der Waals surface area (Å²) in [5, 5.41) is 0. The molecule has 0 aromatic carbocycles. The van der Waals surface area contributed by atoms with Crippen molar-refractivity contribution in [3.63, 3.8) is 0 Å². The highest BCUT2D eigenvalue weighted by molar-refractivity contribution is 5.87. The summed E-state index contributed by atoms with van der Waals surface area (Å²) in [5.41, 5.74) is 0.299. The van der Waals surface area contributed by atoms with Crippen molar-refractivity contribution < 1.29 is 27.4 Å². The molecular formula is C11H14F3NO3. The summed E-state index contributed by atoms with van der Waals surface area (Å²) in [4.78, 5) is 11.5. The van der Waals surface area contributed by atoms with E-state index in [9.17, 15) is 18.0 Å². The Kier molecular flexibility index (Phi) is 5.21. The van der Waals surface area contributed by atoms with Crippen molar-refractivity contribution in [3.05, 3.63) is 24.0 Å². The number of halogens is 3. The normalized spacial score (nSPS) is 11.6. The second kappa shape index (κ2) is 6.44. The van der Waals surface area contributed by atoms with Crippen LogP contribution < -0.4 is 0 Å². The molecular weight excluding hydrogens is 251 g/mol. The van der Waals surface area contributed by atoms with Crippen LogP contribution in [0.25, 0.3) is 0 Å². The van der Waals surface area contributed by atoms with E-state index in [1.807, 2.05) is 0 Å². The molecule has 0 aliphatic rings. The second-order valence-corrected chi connectivity index (χ2v) is 3.48. The van der Waals surface area contributed by atoms with E-state index in [0.29, 0.717) is 5.69 Å². The van der Waals surface area contributed by atoms with Crippen molar-refractivity contribution in [2.45, 2.75) is 19.6 Å². The molecule has 0 saturated carbocycles. The summed E-state index contributed by atoms with van der Waals surface area (Å²) in [5.74, 6) is -0.502. The first-order chi connectivity index (χ1) is 8.44. The zero-order valence-corrected chi connectivity index (χ0v) is 9.87. The first kappa shape index (κ1) is 14.6. The van der Waals surface area contributed by atoms with Crippen LogP contribution >= 0.6 is 0 Å². The lowest BCUT2D eigenvalue weighted by Crippen LogP contribution is -2.20. The van der Waals surface area contributed by atoms with Crippen molar-refractivity contribution >= 4 is 5.97 Å². The Morgan fingerprint density at radius 2 is 2.17 bits per heavy atom. The van der Waals surface area contributed by atoms with E-state index in [0.717, 1.165) is 0 Å². The number of esters is 1. The Labute approximate surface area is 102 Å². The molecule has 0 unspecified atom stereocenters. The summed E-state index contributed by atoms with van der Waals surface area (Å²) < 4.78 is 46.2. The Morgan fingerprint density at radius 3 is 2.78 bits per heavy atom. The molecule has 0 radical (unpaired) electrons. The maximum atomic E-state index is 11.8. The van der Waals surface area contributed by atoms with Gasteiger partial charge < -0.3 is 14.0 Å². The van der Waals surface area contributed by atoms with Gasteiger partial charge in [0, 0.05) is 12.7 Å². The van der Waals surface area contributed by atoms with Crippen LogP contribution in [0.5, 0.6) is 0 Å². The summed E-state index contributed by atoms with van der Waals surface area (Å²) in [6.45, 7) is 0.674. The van der Waals surface area contributed by atoms with Gasteiger partial charge in [-0.15, -0.1) is 0 Å². The van der Waals surface area contributed by atoms with Gasteiger partial charge in [-0.05, 0) is 19.1 Å². The van der Waals surface area contributed by atoms with E-state index in [4.69, 9.17) is 4.74 Å². The number of carbonyl (C=O) groups is 1. The third-order valence-corrected chi connectivity index (χ3v) is 2.06. The number of rotatable bonds is 6. The number of nitrogens with zero attached hydrogens (tertiary/aromatic N) is 1. The minimum Gasteiger partial charge on any atom is -0.461 e. The highest BCUT2D eigenvalue weighted by Crippen LogP contribution is 2.14. The highest BCUT2D eigenvalue weighted by atomic mass is 19.4. The average molecular weight is 265 g/mol. The lowest BCUT2D eigenvalue weighted by molar-refractivity contribution is -0.174. The van der Waals surface area contributed by atoms with E-state index < -0.39 is 18.8 Å². The first-order valence-electron chi connectivity index (χ1n) is 5.41. The number of carbonyl (C=O) groups excluding carboxylic acids is 1. The first-order valence-corrected chi connectivity index (χ1v) is 5.41. The third-order valence-electron chi connectivity index (χ3n) is 2.06. The van der Waals surface area contributed by atoms with Crippen molar-refractivity contribution in [3.8, 4) is 0 Å². The Morgan fingerprint density at radius 1 is 1.44 bits per heavy atom. The Bertz CT molecular complexity index is 387. The van der Waals surface area contributed by atoms with Crippen LogP contribution in [0.15, 0.2) is 18.3 Å². The van der Waals surface area contributed by atoms with E-state index >= 15 is 0 Å². The number of hydrogen-bond donors (Lipinski definition) is 0. The van der Waals surface area contributed by atoms with Crippen molar-refractivity contribution in [2.75, 3.05) is 19.8 Å². The molecule has 0 fully saturated rings. The molecule has 0 spiro atoms. The fraction of sp³-hybridized carbons (Fsp3) is 0.545. The van der Waals surface area contributed by atoms with Gasteiger partial charge in [-0.25, -0.2) is 4.79 Å². The second-order valence-electron chi connectivity index (χ2n) is 3.48. The molecule has 0 N–H and O–H groups in total. The van der Waals surface area contributed by atoms with E-state index in [1.54, 1.807) is 25.3 Å². The maximum Gasteiger partial charge on any atom is 0.411 e. The van der Waals surface area contributed by atoms with E-state index in [2.05, 4.69) is 4.74 Å². The van der Waals surface area contributed by atoms with Gasteiger partial charge in [-0.2, -0.15) is 13.2 Å². The minimum atomic E-state index is -4.33. The molecule has 4 nitrogen and oxygen atoms in total. The fourth-order valence-electron chi connectivity index (χ4n) is 1.35. The molecule has 1 heterocycles. The van der Waals surface area contributed by atoms with Gasteiger partial charge in [-0.3, -0.25) is 0 Å². The molecule has 0 aliphatic carbocycles. The van der Waals surface area contributed by atoms with Crippen molar-refractivity contribution in [1.29, 1.82) is 0 Å². The quantitative estimate of drug-likeness (QED) is 0.585. The van der Waals surface area contributed by atoms with Crippen LogP contribution in [0.1, 0.15) is 17.4 Å². The number of hydrogen-bond acceptors (Lipinski definition) is 3. The number of aromatic nitrogens is 1. The van der Waals surface area contributed by atoms with Gasteiger partial charge in [0.1, 0.15) is 12.3 Å². The van der Waals surface area contributed by atoms with Gasteiger partial charge in [0.15, 0.2) is 0 Å². The molecule has 0 bridgehead atoms. The van der Waals surface area contributed by atoms with Gasteiger partial charge in [0.25, 0.3) is 0 Å². The predicted molar refractivity (Wildman–Crippen MR) is 57.3 cm³/mol. The SMILES string of the molecule is CCOC(=O)c1cccn1CCOCC(F)(F)F. The zero-order chi connectivity index (χ0) is 13.6. The van der Waals surface area contributed by atoms with E-state index in [1.165, 1.54) is 4.57 Å². The average Bonchev–Trinajstić information content (AvgIpc) is 2.71. The highest BCUT2D eigenvalue weighted by Gasteiger charge is 2.27. The number of alkyl halides is 3. The van der Waals surface area contributed by atoms with Gasteiger partial charge in [0.2, 0.25) is 0 Å². The molecule has 0 saturated heterocycles. The number of ether oxygens (including phenoxy) is 2. The minimum absolute atomic E-state index is 0.124. The lowest BCUT2D eigenvalue weighted by atomic mass is 10.4. The molecule has 1 rings (SSSR count). The lowest BCUT2D eigenvalue weighted by Gasteiger charge is -2.10. The molecule has 18 heavy (non-hydrogen) atoms. The molecule has 0 atom stereocenters. The van der Waals surface area contributed by atoms with Gasteiger partial charge in [-0.1, -0.05) is 0 Å². The van der Waals surface area contributed by atoms with E-state index in [-0.39, 0.29) is 19.8 Å². The Balaban J connectivity index is 2.43. The molecule has 0 aliphatic heterocycles. The molecule has 0 amide bonds. The summed E-state index contributed by atoms with van der Waals surface area (Å²) in [7, 11) is 0. The van der Waals surface area contributed by atoms with Crippen LogP contribution in [-0.4, -0.2) is 36.5 Å². The topological polar surface area (TPSA) is 40.5 Å². The molecule has 102 valence electrons. The summed E-state index contributed by atoms with van der Waals surface area (Å²) in [6, 6.07) is 3.16. The molecule has 1 aromatic heterocycles. The summed E-state index contributed by atoms with van der Waals surface area (Å²) >= 11 is 0.